The molecule has 0 aromatic heterocycles. The van der Waals surface area contributed by atoms with Crippen molar-refractivity contribution in [1.29, 1.82) is 0 Å². The van der Waals surface area contributed by atoms with E-state index in [4.69, 9.17) is 11.6 Å². The Hall–Kier alpha value is -1.60. The minimum atomic E-state index is 0.143. The molecular formula is C17H15ClO. The van der Waals surface area contributed by atoms with Crippen LogP contribution in [0.2, 0.25) is 5.02 Å². The molecule has 96 valence electrons. The van der Waals surface area contributed by atoms with E-state index in [2.05, 4.69) is 12.1 Å². The zero-order chi connectivity index (χ0) is 13.4. The third-order valence-corrected chi connectivity index (χ3v) is 4.13. The van der Waals surface area contributed by atoms with Gasteiger partial charge in [-0.15, -0.1) is 0 Å². The summed E-state index contributed by atoms with van der Waals surface area (Å²) in [6.45, 7) is 1.97. The van der Waals surface area contributed by atoms with Gasteiger partial charge in [-0.3, -0.25) is 4.79 Å². The van der Waals surface area contributed by atoms with Gasteiger partial charge in [0.15, 0.2) is 5.78 Å². The molecule has 2 aromatic carbocycles. The van der Waals surface area contributed by atoms with Crippen LogP contribution in [0, 0.1) is 6.92 Å². The normalized spacial score (nSPS) is 16.6. The average molecular weight is 271 g/mol. The number of hydrogen-bond donors (Lipinski definition) is 0. The number of rotatable bonds is 3. The van der Waals surface area contributed by atoms with Crippen molar-refractivity contribution in [2.75, 3.05) is 0 Å². The summed E-state index contributed by atoms with van der Waals surface area (Å²) in [5.74, 6) is 0.505. The van der Waals surface area contributed by atoms with Crippen molar-refractivity contribution in [2.45, 2.75) is 25.7 Å². The van der Waals surface area contributed by atoms with Gasteiger partial charge in [0.2, 0.25) is 0 Å². The van der Waals surface area contributed by atoms with Crippen LogP contribution in [0.25, 0.3) is 0 Å². The molecule has 3 rings (SSSR count). The SMILES string of the molecule is Cc1ccc(C(=O)CC2Cc3ccccc32)c(Cl)c1. The van der Waals surface area contributed by atoms with Crippen molar-refractivity contribution in [3.8, 4) is 0 Å². The van der Waals surface area contributed by atoms with E-state index in [0.717, 1.165) is 12.0 Å². The van der Waals surface area contributed by atoms with Crippen LogP contribution in [-0.2, 0) is 6.42 Å². The highest BCUT2D eigenvalue weighted by molar-refractivity contribution is 6.34. The third-order valence-electron chi connectivity index (χ3n) is 3.82. The van der Waals surface area contributed by atoms with E-state index in [0.29, 0.717) is 22.9 Å². The Morgan fingerprint density at radius 3 is 2.79 bits per heavy atom. The van der Waals surface area contributed by atoms with Gasteiger partial charge >= 0.3 is 0 Å². The van der Waals surface area contributed by atoms with Crippen LogP contribution >= 0.6 is 11.6 Å². The highest BCUT2D eigenvalue weighted by Gasteiger charge is 2.28. The van der Waals surface area contributed by atoms with E-state index >= 15 is 0 Å². The fourth-order valence-corrected chi connectivity index (χ4v) is 3.07. The van der Waals surface area contributed by atoms with E-state index in [1.165, 1.54) is 11.1 Å². The van der Waals surface area contributed by atoms with Gasteiger partial charge in [0, 0.05) is 12.0 Å². The molecule has 1 unspecified atom stereocenters. The number of carbonyl (C=O) groups is 1. The molecule has 0 aliphatic heterocycles. The lowest BCUT2D eigenvalue weighted by molar-refractivity contribution is 0.0970. The smallest absolute Gasteiger partial charge is 0.164 e. The van der Waals surface area contributed by atoms with E-state index in [1.807, 2.05) is 37.3 Å². The summed E-state index contributed by atoms with van der Waals surface area (Å²) < 4.78 is 0. The fraction of sp³-hybridized carbons (Fsp3) is 0.235. The topological polar surface area (TPSA) is 17.1 Å². The Morgan fingerprint density at radius 1 is 1.26 bits per heavy atom. The molecule has 0 N–H and O–H groups in total. The van der Waals surface area contributed by atoms with Gasteiger partial charge < -0.3 is 0 Å². The summed E-state index contributed by atoms with van der Waals surface area (Å²) in [5, 5.41) is 0.567. The van der Waals surface area contributed by atoms with Gasteiger partial charge in [-0.05, 0) is 48.1 Å². The van der Waals surface area contributed by atoms with Crippen LogP contribution in [-0.4, -0.2) is 5.78 Å². The summed E-state index contributed by atoms with van der Waals surface area (Å²) in [6, 6.07) is 14.0. The first-order chi connectivity index (χ1) is 9.15. The molecule has 19 heavy (non-hydrogen) atoms. The number of ketones is 1. The Morgan fingerprint density at radius 2 is 2.05 bits per heavy atom. The molecule has 1 atom stereocenters. The summed E-state index contributed by atoms with van der Waals surface area (Å²) >= 11 is 6.15. The Kier molecular flexibility index (Phi) is 3.16. The second-order valence-corrected chi connectivity index (χ2v) is 5.62. The van der Waals surface area contributed by atoms with E-state index in [1.54, 1.807) is 0 Å². The van der Waals surface area contributed by atoms with Crippen LogP contribution in [0.5, 0.6) is 0 Å². The molecular weight excluding hydrogens is 256 g/mol. The Balaban J connectivity index is 1.77. The molecule has 0 heterocycles. The van der Waals surface area contributed by atoms with Crippen molar-refractivity contribution in [3.05, 3.63) is 69.7 Å². The molecule has 2 heteroatoms. The van der Waals surface area contributed by atoms with E-state index in [-0.39, 0.29) is 5.78 Å². The molecule has 0 saturated heterocycles. The molecule has 1 aliphatic carbocycles. The molecule has 1 aliphatic rings. The van der Waals surface area contributed by atoms with Crippen LogP contribution in [0.15, 0.2) is 42.5 Å². The summed E-state index contributed by atoms with van der Waals surface area (Å²) in [4.78, 5) is 12.3. The second kappa shape index (κ2) is 4.82. The lowest BCUT2D eigenvalue weighted by atomic mass is 9.74. The van der Waals surface area contributed by atoms with Gasteiger partial charge in [0.05, 0.1) is 5.02 Å². The number of fused-ring (bicyclic) bond motifs is 1. The molecule has 1 nitrogen and oxygen atoms in total. The summed E-state index contributed by atoms with van der Waals surface area (Å²) in [6.07, 6.45) is 1.56. The maximum Gasteiger partial charge on any atom is 0.164 e. The minimum Gasteiger partial charge on any atom is -0.294 e. The highest BCUT2D eigenvalue weighted by atomic mass is 35.5. The highest BCUT2D eigenvalue weighted by Crippen LogP contribution is 2.38. The predicted molar refractivity (Wildman–Crippen MR) is 78.0 cm³/mol. The van der Waals surface area contributed by atoms with Crippen molar-refractivity contribution >= 4 is 17.4 Å². The predicted octanol–water partition coefficient (Wildman–Crippen LogP) is 4.56. The van der Waals surface area contributed by atoms with Crippen molar-refractivity contribution < 1.29 is 4.79 Å². The molecule has 0 bridgehead atoms. The number of halogens is 1. The summed E-state index contributed by atoms with van der Waals surface area (Å²) in [5.41, 5.74) is 4.42. The average Bonchev–Trinajstić information content (AvgIpc) is 2.35. The van der Waals surface area contributed by atoms with E-state index in [9.17, 15) is 4.79 Å². The first kappa shape index (κ1) is 12.4. The second-order valence-electron chi connectivity index (χ2n) is 5.21. The van der Waals surface area contributed by atoms with Gasteiger partial charge in [0.25, 0.3) is 0 Å². The van der Waals surface area contributed by atoms with Gasteiger partial charge in [0.1, 0.15) is 0 Å². The largest absolute Gasteiger partial charge is 0.294 e. The zero-order valence-electron chi connectivity index (χ0n) is 10.8. The standard InChI is InChI=1S/C17H15ClO/c1-11-6-7-15(16(18)8-11)17(19)10-13-9-12-4-2-3-5-14(12)13/h2-8,13H,9-10H2,1H3. The van der Waals surface area contributed by atoms with Gasteiger partial charge in [-0.2, -0.15) is 0 Å². The molecule has 0 fully saturated rings. The lowest BCUT2D eigenvalue weighted by Gasteiger charge is -2.29. The van der Waals surface area contributed by atoms with Crippen LogP contribution in [0.3, 0.4) is 0 Å². The maximum atomic E-state index is 12.3. The third kappa shape index (κ3) is 2.31. The number of Topliss-reactive ketones (excluding diaryl/α,β-unsaturated/α-hetero) is 1. The number of carbonyl (C=O) groups excluding carboxylic acids is 1. The zero-order valence-corrected chi connectivity index (χ0v) is 11.6. The quantitative estimate of drug-likeness (QED) is 0.747. The first-order valence-corrected chi connectivity index (χ1v) is 6.90. The van der Waals surface area contributed by atoms with Crippen LogP contribution in [0.4, 0.5) is 0 Å². The van der Waals surface area contributed by atoms with Crippen LogP contribution < -0.4 is 0 Å². The van der Waals surface area contributed by atoms with Crippen LogP contribution in [0.1, 0.15) is 39.4 Å². The van der Waals surface area contributed by atoms with Gasteiger partial charge in [-0.1, -0.05) is 41.9 Å². The molecule has 0 radical (unpaired) electrons. The lowest BCUT2D eigenvalue weighted by Crippen LogP contribution is -2.20. The fourth-order valence-electron chi connectivity index (χ4n) is 2.72. The maximum absolute atomic E-state index is 12.3. The number of aryl methyl sites for hydroxylation is 1. The van der Waals surface area contributed by atoms with Crippen molar-refractivity contribution in [2.24, 2.45) is 0 Å². The van der Waals surface area contributed by atoms with E-state index < -0.39 is 0 Å². The minimum absolute atomic E-state index is 0.143. The van der Waals surface area contributed by atoms with Crippen molar-refractivity contribution in [1.82, 2.24) is 0 Å². The molecule has 2 aromatic rings. The molecule has 0 spiro atoms. The Bertz CT molecular complexity index is 645. The number of hydrogen-bond acceptors (Lipinski definition) is 1. The van der Waals surface area contributed by atoms with Crippen molar-refractivity contribution in [3.63, 3.8) is 0 Å². The molecule has 0 saturated carbocycles. The molecule has 0 amide bonds. The summed E-state index contributed by atoms with van der Waals surface area (Å²) in [7, 11) is 0. The monoisotopic (exact) mass is 270 g/mol. The first-order valence-electron chi connectivity index (χ1n) is 6.52. The number of benzene rings is 2. The Labute approximate surface area is 118 Å². The van der Waals surface area contributed by atoms with Gasteiger partial charge in [-0.25, -0.2) is 0 Å².